The van der Waals surface area contributed by atoms with Crippen LogP contribution in [0.4, 0.5) is 0 Å². The number of nitrogens with zero attached hydrogens (tertiary/aromatic N) is 3. The number of aryl methyl sites for hydroxylation is 3. The molecule has 0 bridgehead atoms. The van der Waals surface area contributed by atoms with Gasteiger partial charge < -0.3 is 0 Å². The third-order valence-electron chi connectivity index (χ3n) is 3.74. The third kappa shape index (κ3) is 3.01. The fourth-order valence-corrected chi connectivity index (χ4v) is 3.35. The normalized spacial score (nSPS) is 10.5. The van der Waals surface area contributed by atoms with Gasteiger partial charge in [0.2, 0.25) is 0 Å². The van der Waals surface area contributed by atoms with Crippen molar-refractivity contribution in [3.8, 4) is 22.5 Å². The molecule has 0 aliphatic carbocycles. The maximum Gasteiger partial charge on any atom is 0.145 e. The number of rotatable bonds is 3. The Labute approximate surface area is 140 Å². The molecule has 0 fully saturated rings. The predicted octanol–water partition coefficient (Wildman–Crippen LogP) is 5.04. The SMILES string of the molecule is Cc1cc(C)c(-n2cc(SC#N)nc2-c2ccccc2)c(C)c1. The number of hydrogen-bond acceptors (Lipinski definition) is 3. The Bertz CT molecular complexity index is 866. The molecule has 0 aliphatic rings. The van der Waals surface area contributed by atoms with E-state index in [4.69, 9.17) is 5.26 Å². The van der Waals surface area contributed by atoms with E-state index in [2.05, 4.69) is 47.9 Å². The summed E-state index contributed by atoms with van der Waals surface area (Å²) in [6.07, 6.45) is 1.95. The summed E-state index contributed by atoms with van der Waals surface area (Å²) in [4.78, 5) is 4.65. The number of aromatic nitrogens is 2. The van der Waals surface area contributed by atoms with Crippen LogP contribution in [0.5, 0.6) is 0 Å². The lowest BCUT2D eigenvalue weighted by Gasteiger charge is -2.15. The van der Waals surface area contributed by atoms with E-state index in [0.717, 1.165) is 28.8 Å². The predicted molar refractivity (Wildman–Crippen MR) is 94.7 cm³/mol. The molecule has 3 aromatic rings. The van der Waals surface area contributed by atoms with Crippen LogP contribution >= 0.6 is 11.8 Å². The van der Waals surface area contributed by atoms with Gasteiger partial charge >= 0.3 is 0 Å². The molecule has 0 aliphatic heterocycles. The minimum Gasteiger partial charge on any atom is -0.298 e. The van der Waals surface area contributed by atoms with Crippen molar-refractivity contribution in [2.45, 2.75) is 25.8 Å². The quantitative estimate of drug-likeness (QED) is 0.502. The molecule has 0 unspecified atom stereocenters. The molecule has 114 valence electrons. The van der Waals surface area contributed by atoms with Crippen molar-refractivity contribution < 1.29 is 0 Å². The van der Waals surface area contributed by atoms with Gasteiger partial charge in [-0.2, -0.15) is 5.26 Å². The molecular formula is C19H17N3S. The summed E-state index contributed by atoms with van der Waals surface area (Å²) in [5.74, 6) is 0.860. The summed E-state index contributed by atoms with van der Waals surface area (Å²) in [6.45, 7) is 6.33. The number of hydrogen-bond donors (Lipinski definition) is 0. The van der Waals surface area contributed by atoms with Gasteiger partial charge in [-0.1, -0.05) is 48.0 Å². The molecule has 0 atom stereocenters. The van der Waals surface area contributed by atoms with Crippen LogP contribution < -0.4 is 0 Å². The van der Waals surface area contributed by atoms with Crippen molar-refractivity contribution in [2.75, 3.05) is 0 Å². The summed E-state index contributed by atoms with van der Waals surface area (Å²) >= 11 is 1.09. The Kier molecular flexibility index (Phi) is 4.22. The molecule has 3 nitrogen and oxygen atoms in total. The molecule has 1 heterocycles. The molecule has 4 heteroatoms. The zero-order valence-corrected chi connectivity index (χ0v) is 14.2. The first kappa shape index (κ1) is 15.4. The lowest BCUT2D eigenvalue weighted by Crippen LogP contribution is -2.02. The van der Waals surface area contributed by atoms with Crippen LogP contribution in [0.1, 0.15) is 16.7 Å². The number of imidazole rings is 1. The van der Waals surface area contributed by atoms with E-state index in [0.29, 0.717) is 5.03 Å². The van der Waals surface area contributed by atoms with Gasteiger partial charge in [0.1, 0.15) is 16.3 Å². The van der Waals surface area contributed by atoms with E-state index in [-0.39, 0.29) is 0 Å². The van der Waals surface area contributed by atoms with E-state index < -0.39 is 0 Å². The van der Waals surface area contributed by atoms with E-state index in [1.807, 2.05) is 36.5 Å². The van der Waals surface area contributed by atoms with Gasteiger partial charge in [0.05, 0.1) is 5.69 Å². The number of benzene rings is 2. The number of thioether (sulfide) groups is 1. The Morgan fingerprint density at radius 1 is 1.04 bits per heavy atom. The van der Waals surface area contributed by atoms with E-state index in [9.17, 15) is 0 Å². The second-order valence-electron chi connectivity index (χ2n) is 5.58. The number of thiocyanates is 1. The summed E-state index contributed by atoms with van der Waals surface area (Å²) in [6, 6.07) is 14.4. The summed E-state index contributed by atoms with van der Waals surface area (Å²) in [5, 5.41) is 11.8. The lowest BCUT2D eigenvalue weighted by molar-refractivity contribution is 1.03. The van der Waals surface area contributed by atoms with Gasteiger partial charge in [0.15, 0.2) is 0 Å². The van der Waals surface area contributed by atoms with Gasteiger partial charge in [0.25, 0.3) is 0 Å². The highest BCUT2D eigenvalue weighted by Crippen LogP contribution is 2.30. The first-order chi connectivity index (χ1) is 11.1. The lowest BCUT2D eigenvalue weighted by atomic mass is 10.0. The maximum absolute atomic E-state index is 8.97. The molecule has 0 saturated carbocycles. The molecule has 0 amide bonds. The van der Waals surface area contributed by atoms with Crippen molar-refractivity contribution in [1.82, 2.24) is 9.55 Å². The Morgan fingerprint density at radius 2 is 1.70 bits per heavy atom. The van der Waals surface area contributed by atoms with Crippen molar-refractivity contribution in [2.24, 2.45) is 0 Å². The monoisotopic (exact) mass is 319 g/mol. The Balaban J connectivity index is 2.25. The molecule has 0 saturated heterocycles. The molecular weight excluding hydrogens is 302 g/mol. The Morgan fingerprint density at radius 3 is 2.30 bits per heavy atom. The molecule has 0 spiro atoms. The van der Waals surface area contributed by atoms with E-state index >= 15 is 0 Å². The largest absolute Gasteiger partial charge is 0.298 e. The summed E-state index contributed by atoms with van der Waals surface area (Å²) < 4.78 is 2.10. The van der Waals surface area contributed by atoms with Gasteiger partial charge in [-0.25, -0.2) is 4.98 Å². The Hall–Kier alpha value is -2.51. The van der Waals surface area contributed by atoms with Crippen molar-refractivity contribution >= 4 is 11.8 Å². The standard InChI is InChI=1S/C19H17N3S/c1-13-9-14(2)18(15(3)10-13)22-11-17(23-12-20)21-19(22)16-7-5-4-6-8-16/h4-11H,1-3H3. The molecule has 0 radical (unpaired) electrons. The zero-order valence-electron chi connectivity index (χ0n) is 13.4. The zero-order chi connectivity index (χ0) is 16.4. The van der Waals surface area contributed by atoms with Crippen LogP contribution in [-0.2, 0) is 0 Å². The van der Waals surface area contributed by atoms with E-state index in [1.165, 1.54) is 16.7 Å². The van der Waals surface area contributed by atoms with E-state index in [1.54, 1.807) is 0 Å². The summed E-state index contributed by atoms with van der Waals surface area (Å²) in [5.41, 5.74) is 5.82. The fourth-order valence-electron chi connectivity index (χ4n) is 2.97. The van der Waals surface area contributed by atoms with Crippen LogP contribution in [0.15, 0.2) is 53.7 Å². The highest BCUT2D eigenvalue weighted by Gasteiger charge is 2.15. The van der Waals surface area contributed by atoms with Crippen LogP contribution in [-0.4, -0.2) is 9.55 Å². The van der Waals surface area contributed by atoms with Gasteiger partial charge in [-0.05, 0) is 31.9 Å². The maximum atomic E-state index is 8.97. The second kappa shape index (κ2) is 6.31. The topological polar surface area (TPSA) is 41.6 Å². The van der Waals surface area contributed by atoms with Crippen LogP contribution in [0.2, 0.25) is 0 Å². The van der Waals surface area contributed by atoms with Gasteiger partial charge in [-0.3, -0.25) is 4.57 Å². The first-order valence-electron chi connectivity index (χ1n) is 7.39. The third-order valence-corrected chi connectivity index (χ3v) is 4.24. The highest BCUT2D eigenvalue weighted by atomic mass is 32.2. The van der Waals surface area contributed by atoms with Crippen molar-refractivity contribution in [3.05, 3.63) is 65.4 Å². The van der Waals surface area contributed by atoms with Crippen LogP contribution in [0.25, 0.3) is 17.1 Å². The number of nitriles is 1. The smallest absolute Gasteiger partial charge is 0.145 e. The molecule has 1 aromatic heterocycles. The van der Waals surface area contributed by atoms with Crippen LogP contribution in [0.3, 0.4) is 0 Å². The van der Waals surface area contributed by atoms with Crippen molar-refractivity contribution in [1.29, 1.82) is 5.26 Å². The average molecular weight is 319 g/mol. The van der Waals surface area contributed by atoms with Gasteiger partial charge in [-0.15, -0.1) is 0 Å². The van der Waals surface area contributed by atoms with Gasteiger partial charge in [0, 0.05) is 23.5 Å². The summed E-state index contributed by atoms with van der Waals surface area (Å²) in [7, 11) is 0. The fraction of sp³-hybridized carbons (Fsp3) is 0.158. The highest BCUT2D eigenvalue weighted by molar-refractivity contribution is 8.03. The molecule has 23 heavy (non-hydrogen) atoms. The minimum atomic E-state index is 0.714. The minimum absolute atomic E-state index is 0.714. The van der Waals surface area contributed by atoms with Crippen molar-refractivity contribution in [3.63, 3.8) is 0 Å². The van der Waals surface area contributed by atoms with Crippen LogP contribution in [0, 0.1) is 31.4 Å². The molecule has 0 N–H and O–H groups in total. The molecule has 3 rings (SSSR count). The second-order valence-corrected chi connectivity index (χ2v) is 6.38. The average Bonchev–Trinajstić information content (AvgIpc) is 2.91. The first-order valence-corrected chi connectivity index (χ1v) is 8.21. The molecule has 2 aromatic carbocycles.